The first-order chi connectivity index (χ1) is 13.2. The average Bonchev–Trinajstić information content (AvgIpc) is 3.16. The highest BCUT2D eigenvalue weighted by Crippen LogP contribution is 2.38. The fraction of sp³-hybridized carbons (Fsp3) is 0.571. The Balaban J connectivity index is 1.83. The van der Waals surface area contributed by atoms with Gasteiger partial charge >= 0.3 is 7.82 Å². The van der Waals surface area contributed by atoms with Crippen molar-refractivity contribution in [2.75, 3.05) is 11.9 Å². The Kier molecular flexibility index (Phi) is 6.05. The van der Waals surface area contributed by atoms with E-state index in [1.165, 1.54) is 17.2 Å². The predicted octanol–water partition coefficient (Wildman–Crippen LogP) is -0.707. The first-order valence-electron chi connectivity index (χ1n) is 8.40. The van der Waals surface area contributed by atoms with E-state index >= 15 is 0 Å². The minimum Gasteiger partial charge on any atom is -0.387 e. The van der Waals surface area contributed by atoms with Crippen LogP contribution in [0, 0.1) is 0 Å². The monoisotopic (exact) mass is 417 g/mol. The van der Waals surface area contributed by atoms with Gasteiger partial charge in [0, 0.05) is 6.42 Å². The van der Waals surface area contributed by atoms with Crippen molar-refractivity contribution < 1.29 is 38.6 Å². The minimum atomic E-state index is -4.76. The van der Waals surface area contributed by atoms with Gasteiger partial charge in [0.15, 0.2) is 23.2 Å². The van der Waals surface area contributed by atoms with Crippen LogP contribution in [-0.2, 0) is 18.6 Å². The van der Waals surface area contributed by atoms with E-state index in [9.17, 15) is 19.6 Å². The second-order valence-electron chi connectivity index (χ2n) is 6.18. The molecule has 14 heteroatoms. The second-order valence-corrected chi connectivity index (χ2v) is 7.42. The van der Waals surface area contributed by atoms with Gasteiger partial charge in [0.2, 0.25) is 5.91 Å². The molecular formula is C14H20N5O8P. The summed E-state index contributed by atoms with van der Waals surface area (Å²) in [5, 5.41) is 23.0. The Morgan fingerprint density at radius 1 is 1.32 bits per heavy atom. The topological polar surface area (TPSA) is 189 Å². The van der Waals surface area contributed by atoms with Crippen LogP contribution < -0.4 is 5.32 Å². The van der Waals surface area contributed by atoms with Crippen molar-refractivity contribution in [3.63, 3.8) is 0 Å². The third kappa shape index (κ3) is 4.36. The molecule has 0 saturated carbocycles. The van der Waals surface area contributed by atoms with E-state index < -0.39 is 39.0 Å². The van der Waals surface area contributed by atoms with Crippen LogP contribution in [0.3, 0.4) is 0 Å². The lowest BCUT2D eigenvalue weighted by molar-refractivity contribution is -0.116. The van der Waals surface area contributed by atoms with Crippen molar-refractivity contribution in [3.05, 3.63) is 12.7 Å². The molecule has 0 aromatic carbocycles. The molecule has 0 bridgehead atoms. The number of hydrogen-bond acceptors (Lipinski definition) is 9. The molecule has 4 atom stereocenters. The minimum absolute atomic E-state index is 0.191. The fourth-order valence-electron chi connectivity index (χ4n) is 2.82. The molecular weight excluding hydrogens is 397 g/mol. The lowest BCUT2D eigenvalue weighted by Gasteiger charge is -2.16. The number of anilines is 1. The summed E-state index contributed by atoms with van der Waals surface area (Å²) in [4.78, 5) is 41.6. The van der Waals surface area contributed by atoms with Crippen LogP contribution in [0.1, 0.15) is 26.0 Å². The van der Waals surface area contributed by atoms with E-state index in [1.807, 2.05) is 6.92 Å². The summed E-state index contributed by atoms with van der Waals surface area (Å²) >= 11 is 0. The average molecular weight is 417 g/mol. The molecule has 3 heterocycles. The number of hydrogen-bond donors (Lipinski definition) is 5. The zero-order valence-corrected chi connectivity index (χ0v) is 15.6. The second kappa shape index (κ2) is 8.17. The molecule has 2 aromatic rings. The van der Waals surface area contributed by atoms with Crippen LogP contribution in [0.4, 0.5) is 5.82 Å². The smallest absolute Gasteiger partial charge is 0.387 e. The number of carbonyl (C=O) groups is 1. The number of phosphoric ester groups is 1. The summed E-state index contributed by atoms with van der Waals surface area (Å²) in [7, 11) is -4.76. The van der Waals surface area contributed by atoms with Crippen LogP contribution in [0.25, 0.3) is 11.2 Å². The molecule has 1 aliphatic rings. The highest BCUT2D eigenvalue weighted by molar-refractivity contribution is 7.46. The van der Waals surface area contributed by atoms with Crippen LogP contribution in [0.5, 0.6) is 0 Å². The van der Waals surface area contributed by atoms with E-state index in [0.29, 0.717) is 12.8 Å². The number of aliphatic hydroxyl groups is 2. The number of phosphoric acid groups is 1. The zero-order valence-electron chi connectivity index (χ0n) is 14.7. The number of carbonyl (C=O) groups excluding carboxylic acids is 1. The van der Waals surface area contributed by atoms with E-state index in [-0.39, 0.29) is 22.9 Å². The zero-order chi connectivity index (χ0) is 20.5. The molecule has 2 aromatic heterocycles. The van der Waals surface area contributed by atoms with Crippen molar-refractivity contribution in [2.24, 2.45) is 0 Å². The number of fused-ring (bicyclic) bond motifs is 1. The van der Waals surface area contributed by atoms with Crippen molar-refractivity contribution >= 4 is 30.7 Å². The van der Waals surface area contributed by atoms with Gasteiger partial charge in [-0.15, -0.1) is 0 Å². The summed E-state index contributed by atoms with van der Waals surface area (Å²) < 4.78 is 22.0. The lowest BCUT2D eigenvalue weighted by atomic mass is 10.1. The van der Waals surface area contributed by atoms with Crippen LogP contribution >= 0.6 is 7.82 Å². The Hall–Kier alpha value is -1.99. The molecule has 13 nitrogen and oxygen atoms in total. The first-order valence-corrected chi connectivity index (χ1v) is 9.93. The van der Waals surface area contributed by atoms with E-state index in [0.717, 1.165) is 0 Å². The molecule has 1 saturated heterocycles. The summed E-state index contributed by atoms with van der Waals surface area (Å²) in [6, 6.07) is 0. The number of nitrogens with one attached hydrogen (secondary N) is 1. The quantitative estimate of drug-likeness (QED) is 0.358. The van der Waals surface area contributed by atoms with Gasteiger partial charge in [0.1, 0.15) is 24.6 Å². The molecule has 4 unspecified atom stereocenters. The van der Waals surface area contributed by atoms with E-state index in [1.54, 1.807) is 0 Å². The molecule has 5 N–H and O–H groups in total. The highest BCUT2D eigenvalue weighted by atomic mass is 31.2. The van der Waals surface area contributed by atoms with Gasteiger partial charge in [-0.1, -0.05) is 6.92 Å². The van der Waals surface area contributed by atoms with Crippen molar-refractivity contribution in [2.45, 2.75) is 44.3 Å². The van der Waals surface area contributed by atoms with Crippen molar-refractivity contribution in [1.29, 1.82) is 0 Å². The Labute approximate surface area is 158 Å². The normalized spacial score (nSPS) is 25.3. The predicted molar refractivity (Wildman–Crippen MR) is 92.8 cm³/mol. The molecule has 0 aliphatic carbocycles. The van der Waals surface area contributed by atoms with Gasteiger partial charge < -0.3 is 30.1 Å². The number of amides is 1. The van der Waals surface area contributed by atoms with Gasteiger partial charge in [-0.25, -0.2) is 19.5 Å². The molecule has 154 valence electrons. The summed E-state index contributed by atoms with van der Waals surface area (Å²) in [5.74, 6) is -0.0455. The highest BCUT2D eigenvalue weighted by Gasteiger charge is 2.45. The van der Waals surface area contributed by atoms with E-state index in [2.05, 4.69) is 24.8 Å². The van der Waals surface area contributed by atoms with Crippen LogP contribution in [0.2, 0.25) is 0 Å². The molecule has 28 heavy (non-hydrogen) atoms. The Morgan fingerprint density at radius 3 is 2.75 bits per heavy atom. The van der Waals surface area contributed by atoms with Crippen molar-refractivity contribution in [1.82, 2.24) is 19.5 Å². The molecule has 1 amide bonds. The lowest BCUT2D eigenvalue weighted by Crippen LogP contribution is -2.33. The van der Waals surface area contributed by atoms with Gasteiger partial charge in [-0.2, -0.15) is 0 Å². The van der Waals surface area contributed by atoms with Gasteiger partial charge in [-0.3, -0.25) is 13.9 Å². The Bertz CT molecular complexity index is 901. The first kappa shape index (κ1) is 20.7. The number of aliphatic hydroxyl groups excluding tert-OH is 2. The van der Waals surface area contributed by atoms with Gasteiger partial charge in [-0.05, 0) is 6.42 Å². The molecule has 3 rings (SSSR count). The molecule has 1 fully saturated rings. The number of aromatic nitrogens is 4. The Morgan fingerprint density at radius 2 is 2.07 bits per heavy atom. The number of imidazole rings is 1. The fourth-order valence-corrected chi connectivity index (χ4v) is 3.16. The molecule has 1 aliphatic heterocycles. The number of rotatable bonds is 7. The van der Waals surface area contributed by atoms with E-state index in [4.69, 9.17) is 14.5 Å². The number of nitrogens with zero attached hydrogens (tertiary/aromatic N) is 4. The van der Waals surface area contributed by atoms with Gasteiger partial charge in [0.25, 0.3) is 0 Å². The number of ether oxygens (including phenoxy) is 1. The standard InChI is InChI=1S/C14H20N5O8P/c1-2-3-8(20)18-12-9-13(16-5-15-12)19(6-17-9)14-11(22)10(21)7(27-14)4-26-28(23,24)25/h5-7,10-11,14,21-22H,2-4H2,1H3,(H2,23,24,25)(H,15,16,18,20). The van der Waals surface area contributed by atoms with Gasteiger partial charge in [0.05, 0.1) is 12.9 Å². The van der Waals surface area contributed by atoms with Crippen LogP contribution in [-0.4, -0.2) is 70.3 Å². The summed E-state index contributed by atoms with van der Waals surface area (Å²) in [6.45, 7) is 1.24. The third-order valence-electron chi connectivity index (χ3n) is 4.11. The summed E-state index contributed by atoms with van der Waals surface area (Å²) in [5.41, 5.74) is 0.488. The maximum Gasteiger partial charge on any atom is 0.469 e. The largest absolute Gasteiger partial charge is 0.469 e. The third-order valence-corrected chi connectivity index (χ3v) is 4.60. The summed E-state index contributed by atoms with van der Waals surface area (Å²) in [6.07, 6.45) is -1.75. The van der Waals surface area contributed by atoms with Crippen molar-refractivity contribution in [3.8, 4) is 0 Å². The maximum atomic E-state index is 11.8. The molecule has 0 radical (unpaired) electrons. The SMILES string of the molecule is CCCC(=O)Nc1ncnc2c1ncn2C1OC(COP(=O)(O)O)C(O)C1O. The molecule has 0 spiro atoms. The maximum absolute atomic E-state index is 11.8. The van der Waals surface area contributed by atoms with Crippen LogP contribution in [0.15, 0.2) is 12.7 Å².